The van der Waals surface area contributed by atoms with Crippen LogP contribution in [0.1, 0.15) is 58.5 Å². The molecule has 0 atom stereocenters. The highest BCUT2D eigenvalue weighted by Crippen LogP contribution is 2.26. The molecule has 1 aromatic rings. The fourth-order valence-corrected chi connectivity index (χ4v) is 1.59. The van der Waals surface area contributed by atoms with Gasteiger partial charge in [0.05, 0.1) is 11.4 Å². The van der Waals surface area contributed by atoms with Crippen molar-refractivity contribution in [2.45, 2.75) is 59.3 Å². The third kappa shape index (κ3) is 2.77. The zero-order valence-electron chi connectivity index (χ0n) is 11.0. The zero-order chi connectivity index (χ0) is 11.9. The van der Waals surface area contributed by atoms with Crippen molar-refractivity contribution in [2.24, 2.45) is 0 Å². The minimum Gasteiger partial charge on any atom is -0.155 e. The quantitative estimate of drug-likeness (QED) is 0.650. The van der Waals surface area contributed by atoms with Crippen molar-refractivity contribution < 1.29 is 0 Å². The van der Waals surface area contributed by atoms with E-state index in [2.05, 4.69) is 64.7 Å². The molecule has 0 saturated heterocycles. The van der Waals surface area contributed by atoms with Crippen molar-refractivity contribution in [3.63, 3.8) is 0 Å². The lowest BCUT2D eigenvalue weighted by molar-refractivity contribution is 0.523. The standard InChI is InChI=1S/C13H22N2/c1-9-8-10(12(2,3)4)14-15-11(9)13(5,6)7/h8H,1-7H3. The monoisotopic (exact) mass is 206 g/mol. The molecule has 0 N–H and O–H groups in total. The van der Waals surface area contributed by atoms with E-state index in [4.69, 9.17) is 0 Å². The lowest BCUT2D eigenvalue weighted by Crippen LogP contribution is -2.20. The van der Waals surface area contributed by atoms with Gasteiger partial charge in [0.25, 0.3) is 0 Å². The van der Waals surface area contributed by atoms with Gasteiger partial charge in [0.2, 0.25) is 0 Å². The van der Waals surface area contributed by atoms with Crippen LogP contribution in [0.2, 0.25) is 0 Å². The summed E-state index contributed by atoms with van der Waals surface area (Å²) in [5.74, 6) is 0. The SMILES string of the molecule is Cc1cc(C(C)(C)C)nnc1C(C)(C)C. The number of hydrogen-bond acceptors (Lipinski definition) is 2. The molecule has 1 rings (SSSR count). The van der Waals surface area contributed by atoms with Gasteiger partial charge < -0.3 is 0 Å². The molecule has 0 aromatic carbocycles. The Morgan fingerprint density at radius 2 is 1.40 bits per heavy atom. The summed E-state index contributed by atoms with van der Waals surface area (Å²) in [5.41, 5.74) is 3.55. The Kier molecular flexibility index (Phi) is 2.90. The number of aromatic nitrogens is 2. The van der Waals surface area contributed by atoms with Crippen molar-refractivity contribution in [3.8, 4) is 0 Å². The summed E-state index contributed by atoms with van der Waals surface area (Å²) in [7, 11) is 0. The minimum atomic E-state index is 0.0769. The van der Waals surface area contributed by atoms with Gasteiger partial charge in [0, 0.05) is 10.8 Å². The normalized spacial score (nSPS) is 13.0. The first-order valence-electron chi connectivity index (χ1n) is 5.47. The first-order valence-corrected chi connectivity index (χ1v) is 5.47. The molecule has 84 valence electrons. The van der Waals surface area contributed by atoms with E-state index in [1.165, 1.54) is 5.56 Å². The van der Waals surface area contributed by atoms with Gasteiger partial charge in [-0.25, -0.2) is 0 Å². The van der Waals surface area contributed by atoms with Gasteiger partial charge in [0.15, 0.2) is 0 Å². The van der Waals surface area contributed by atoms with E-state index in [1.807, 2.05) is 0 Å². The maximum atomic E-state index is 4.37. The summed E-state index contributed by atoms with van der Waals surface area (Å²) in [6.45, 7) is 15.1. The molecule has 2 heteroatoms. The Balaban J connectivity index is 3.21. The largest absolute Gasteiger partial charge is 0.155 e. The van der Waals surface area contributed by atoms with Crippen LogP contribution < -0.4 is 0 Å². The first-order chi connectivity index (χ1) is 6.62. The molecule has 0 amide bonds. The van der Waals surface area contributed by atoms with E-state index in [1.54, 1.807) is 0 Å². The van der Waals surface area contributed by atoms with Crippen LogP contribution in [0.3, 0.4) is 0 Å². The van der Waals surface area contributed by atoms with Gasteiger partial charge in [-0.15, -0.1) is 0 Å². The maximum absolute atomic E-state index is 4.37. The second kappa shape index (κ2) is 3.58. The third-order valence-corrected chi connectivity index (χ3v) is 2.46. The Bertz CT molecular complexity index is 354. The van der Waals surface area contributed by atoms with Crippen molar-refractivity contribution in [1.82, 2.24) is 10.2 Å². The smallest absolute Gasteiger partial charge is 0.0713 e. The van der Waals surface area contributed by atoms with Gasteiger partial charge in [0.1, 0.15) is 0 Å². The lowest BCUT2D eigenvalue weighted by Gasteiger charge is -2.23. The molecular formula is C13H22N2. The first kappa shape index (κ1) is 12.2. The second-order valence-electron chi connectivity index (χ2n) is 6.26. The number of nitrogens with zero attached hydrogens (tertiary/aromatic N) is 2. The summed E-state index contributed by atoms with van der Waals surface area (Å²) >= 11 is 0. The van der Waals surface area contributed by atoms with E-state index in [-0.39, 0.29) is 10.8 Å². The molecule has 0 unspecified atom stereocenters. The fraction of sp³-hybridized carbons (Fsp3) is 0.692. The van der Waals surface area contributed by atoms with Crippen LogP contribution in [-0.2, 0) is 10.8 Å². The highest BCUT2D eigenvalue weighted by atomic mass is 15.1. The molecular weight excluding hydrogens is 184 g/mol. The summed E-state index contributed by atoms with van der Waals surface area (Å²) < 4.78 is 0. The summed E-state index contributed by atoms with van der Waals surface area (Å²) in [6.07, 6.45) is 0. The van der Waals surface area contributed by atoms with Gasteiger partial charge in [-0.3, -0.25) is 0 Å². The topological polar surface area (TPSA) is 25.8 Å². The van der Waals surface area contributed by atoms with Gasteiger partial charge in [-0.2, -0.15) is 10.2 Å². The van der Waals surface area contributed by atoms with E-state index < -0.39 is 0 Å². The maximum Gasteiger partial charge on any atom is 0.0713 e. The Morgan fingerprint density at radius 1 is 0.867 bits per heavy atom. The van der Waals surface area contributed by atoms with Crippen molar-refractivity contribution in [1.29, 1.82) is 0 Å². The van der Waals surface area contributed by atoms with E-state index >= 15 is 0 Å². The molecule has 0 fully saturated rings. The Labute approximate surface area is 93.1 Å². The Hall–Kier alpha value is -0.920. The number of rotatable bonds is 0. The predicted molar refractivity (Wildman–Crippen MR) is 64.2 cm³/mol. The number of hydrogen-bond donors (Lipinski definition) is 0. The summed E-state index contributed by atoms with van der Waals surface area (Å²) in [4.78, 5) is 0. The highest BCUT2D eigenvalue weighted by Gasteiger charge is 2.22. The summed E-state index contributed by atoms with van der Waals surface area (Å²) in [5, 5.41) is 8.69. The molecule has 0 aliphatic heterocycles. The van der Waals surface area contributed by atoms with E-state index in [0.29, 0.717) is 0 Å². The average molecular weight is 206 g/mol. The van der Waals surface area contributed by atoms with Crippen LogP contribution in [0.15, 0.2) is 6.07 Å². The van der Waals surface area contributed by atoms with E-state index in [0.717, 1.165) is 11.4 Å². The highest BCUT2D eigenvalue weighted by molar-refractivity contribution is 5.27. The predicted octanol–water partition coefficient (Wildman–Crippen LogP) is 3.38. The molecule has 0 aliphatic rings. The van der Waals surface area contributed by atoms with Crippen LogP contribution >= 0.6 is 0 Å². The lowest BCUT2D eigenvalue weighted by atomic mass is 9.86. The molecule has 1 aromatic heterocycles. The molecule has 0 saturated carbocycles. The molecule has 2 nitrogen and oxygen atoms in total. The van der Waals surface area contributed by atoms with Crippen molar-refractivity contribution >= 4 is 0 Å². The van der Waals surface area contributed by atoms with Crippen molar-refractivity contribution in [2.75, 3.05) is 0 Å². The average Bonchev–Trinajstić information content (AvgIpc) is 1.99. The van der Waals surface area contributed by atoms with Gasteiger partial charge >= 0.3 is 0 Å². The second-order valence-corrected chi connectivity index (χ2v) is 6.26. The van der Waals surface area contributed by atoms with Crippen LogP contribution in [0, 0.1) is 6.92 Å². The summed E-state index contributed by atoms with van der Waals surface area (Å²) in [6, 6.07) is 2.16. The molecule has 0 aliphatic carbocycles. The molecule has 1 heterocycles. The van der Waals surface area contributed by atoms with E-state index in [9.17, 15) is 0 Å². The molecule has 0 spiro atoms. The van der Waals surface area contributed by atoms with Gasteiger partial charge in [-0.05, 0) is 18.6 Å². The Morgan fingerprint density at radius 3 is 1.73 bits per heavy atom. The third-order valence-electron chi connectivity index (χ3n) is 2.46. The van der Waals surface area contributed by atoms with Crippen LogP contribution in [0.5, 0.6) is 0 Å². The number of aryl methyl sites for hydroxylation is 1. The van der Waals surface area contributed by atoms with Crippen LogP contribution in [-0.4, -0.2) is 10.2 Å². The van der Waals surface area contributed by atoms with Gasteiger partial charge in [-0.1, -0.05) is 41.5 Å². The zero-order valence-corrected chi connectivity index (χ0v) is 11.0. The van der Waals surface area contributed by atoms with Crippen LogP contribution in [0.4, 0.5) is 0 Å². The molecule has 15 heavy (non-hydrogen) atoms. The van der Waals surface area contributed by atoms with Crippen molar-refractivity contribution in [3.05, 3.63) is 23.0 Å². The minimum absolute atomic E-state index is 0.0769. The van der Waals surface area contributed by atoms with Crippen LogP contribution in [0.25, 0.3) is 0 Å². The fourth-order valence-electron chi connectivity index (χ4n) is 1.59. The molecule has 0 bridgehead atoms. The molecule has 0 radical (unpaired) electrons.